The van der Waals surface area contributed by atoms with Crippen LogP contribution in [0.25, 0.3) is 5.69 Å². The first-order chi connectivity index (χ1) is 10.2. The largest absolute Gasteiger partial charge is 0.295 e. The standard InChI is InChI=1S/C17H15BrN2O/c18-16-9-5-4-6-13(16)10-11-14-12-17(21)20(19-14)15-7-2-1-3-8-15/h1-9,12,19H,10-11H2. The highest BCUT2D eigenvalue weighted by Crippen LogP contribution is 2.17. The highest BCUT2D eigenvalue weighted by Gasteiger charge is 2.06. The fourth-order valence-electron chi connectivity index (χ4n) is 2.31. The zero-order valence-corrected chi connectivity index (χ0v) is 13.0. The maximum Gasteiger partial charge on any atom is 0.271 e. The minimum Gasteiger partial charge on any atom is -0.295 e. The molecule has 0 atom stereocenters. The molecule has 0 fully saturated rings. The molecule has 4 heteroatoms. The summed E-state index contributed by atoms with van der Waals surface area (Å²) in [6.45, 7) is 0. The number of para-hydroxylation sites is 1. The minimum atomic E-state index is -0.0247. The van der Waals surface area contributed by atoms with Crippen LogP contribution in [0.1, 0.15) is 11.3 Å². The van der Waals surface area contributed by atoms with E-state index in [1.165, 1.54) is 5.56 Å². The summed E-state index contributed by atoms with van der Waals surface area (Å²) < 4.78 is 2.69. The molecule has 0 aliphatic rings. The van der Waals surface area contributed by atoms with Gasteiger partial charge < -0.3 is 0 Å². The molecule has 0 radical (unpaired) electrons. The van der Waals surface area contributed by atoms with E-state index in [1.807, 2.05) is 48.5 Å². The molecule has 0 unspecified atom stereocenters. The fraction of sp³-hybridized carbons (Fsp3) is 0.118. The second-order valence-corrected chi connectivity index (χ2v) is 5.74. The molecule has 3 nitrogen and oxygen atoms in total. The van der Waals surface area contributed by atoms with Crippen LogP contribution in [0.5, 0.6) is 0 Å². The topological polar surface area (TPSA) is 37.8 Å². The number of benzene rings is 2. The van der Waals surface area contributed by atoms with Crippen molar-refractivity contribution >= 4 is 15.9 Å². The number of hydrogen-bond donors (Lipinski definition) is 1. The molecular formula is C17H15BrN2O. The Labute approximate surface area is 131 Å². The van der Waals surface area contributed by atoms with Crippen molar-refractivity contribution in [2.75, 3.05) is 0 Å². The Morgan fingerprint density at radius 3 is 2.43 bits per heavy atom. The van der Waals surface area contributed by atoms with E-state index in [4.69, 9.17) is 0 Å². The Bertz CT molecular complexity index is 790. The third-order valence-electron chi connectivity index (χ3n) is 3.41. The average molecular weight is 343 g/mol. The molecule has 3 rings (SSSR count). The van der Waals surface area contributed by atoms with E-state index in [1.54, 1.807) is 10.7 Å². The number of aromatic nitrogens is 2. The fourth-order valence-corrected chi connectivity index (χ4v) is 2.80. The van der Waals surface area contributed by atoms with Crippen LogP contribution < -0.4 is 5.56 Å². The van der Waals surface area contributed by atoms with Crippen molar-refractivity contribution < 1.29 is 0 Å². The van der Waals surface area contributed by atoms with Gasteiger partial charge in [-0.1, -0.05) is 52.3 Å². The lowest BCUT2D eigenvalue weighted by Crippen LogP contribution is -2.12. The zero-order valence-electron chi connectivity index (χ0n) is 11.4. The normalized spacial score (nSPS) is 10.7. The summed E-state index contributed by atoms with van der Waals surface area (Å²) in [7, 11) is 0. The number of hydrogen-bond acceptors (Lipinski definition) is 1. The van der Waals surface area contributed by atoms with Gasteiger partial charge in [0.2, 0.25) is 0 Å². The third-order valence-corrected chi connectivity index (χ3v) is 4.18. The van der Waals surface area contributed by atoms with Gasteiger partial charge in [0.1, 0.15) is 0 Å². The van der Waals surface area contributed by atoms with E-state index in [0.29, 0.717) is 0 Å². The molecule has 1 N–H and O–H groups in total. The number of aromatic amines is 1. The molecule has 0 saturated heterocycles. The van der Waals surface area contributed by atoms with Crippen LogP contribution in [0, 0.1) is 0 Å². The highest BCUT2D eigenvalue weighted by atomic mass is 79.9. The van der Waals surface area contributed by atoms with Gasteiger partial charge in [0.25, 0.3) is 5.56 Å². The molecule has 0 saturated carbocycles. The Hall–Kier alpha value is -2.07. The van der Waals surface area contributed by atoms with E-state index < -0.39 is 0 Å². The van der Waals surface area contributed by atoms with E-state index in [2.05, 4.69) is 27.1 Å². The highest BCUT2D eigenvalue weighted by molar-refractivity contribution is 9.10. The van der Waals surface area contributed by atoms with Crippen molar-refractivity contribution in [3.05, 3.63) is 86.7 Å². The summed E-state index contributed by atoms with van der Waals surface area (Å²) in [5.74, 6) is 0. The van der Waals surface area contributed by atoms with Crippen LogP contribution >= 0.6 is 15.9 Å². The summed E-state index contributed by atoms with van der Waals surface area (Å²) >= 11 is 3.55. The SMILES string of the molecule is O=c1cc(CCc2ccccc2Br)[nH]n1-c1ccccc1. The number of halogens is 1. The van der Waals surface area contributed by atoms with Crippen LogP contribution in [-0.4, -0.2) is 9.78 Å². The van der Waals surface area contributed by atoms with Crippen LogP contribution in [0.15, 0.2) is 69.9 Å². The molecule has 0 aliphatic carbocycles. The molecule has 0 aliphatic heterocycles. The average Bonchev–Trinajstić information content (AvgIpc) is 2.88. The lowest BCUT2D eigenvalue weighted by atomic mass is 10.1. The van der Waals surface area contributed by atoms with Crippen LogP contribution in [0.4, 0.5) is 0 Å². The number of rotatable bonds is 4. The molecule has 0 spiro atoms. The van der Waals surface area contributed by atoms with Gasteiger partial charge in [0.15, 0.2) is 0 Å². The smallest absolute Gasteiger partial charge is 0.271 e. The van der Waals surface area contributed by atoms with Crippen molar-refractivity contribution in [3.8, 4) is 5.69 Å². The Morgan fingerprint density at radius 1 is 0.952 bits per heavy atom. The molecular weight excluding hydrogens is 328 g/mol. The van der Waals surface area contributed by atoms with Gasteiger partial charge in [0, 0.05) is 16.2 Å². The predicted octanol–water partition coefficient (Wildman–Crippen LogP) is 3.71. The summed E-state index contributed by atoms with van der Waals surface area (Å²) in [6, 6.07) is 19.4. The molecule has 21 heavy (non-hydrogen) atoms. The minimum absolute atomic E-state index is 0.0247. The van der Waals surface area contributed by atoms with Gasteiger partial charge in [-0.15, -0.1) is 0 Å². The summed E-state index contributed by atoms with van der Waals surface area (Å²) in [5, 5.41) is 3.18. The van der Waals surface area contributed by atoms with Crippen molar-refractivity contribution in [1.29, 1.82) is 0 Å². The van der Waals surface area contributed by atoms with E-state index >= 15 is 0 Å². The quantitative estimate of drug-likeness (QED) is 0.770. The van der Waals surface area contributed by atoms with Crippen molar-refractivity contribution in [2.24, 2.45) is 0 Å². The van der Waals surface area contributed by atoms with Gasteiger partial charge in [-0.2, -0.15) is 0 Å². The van der Waals surface area contributed by atoms with Gasteiger partial charge in [-0.3, -0.25) is 9.89 Å². The van der Waals surface area contributed by atoms with E-state index in [9.17, 15) is 4.79 Å². The molecule has 0 bridgehead atoms. The maximum atomic E-state index is 12.0. The molecule has 106 valence electrons. The first-order valence-corrected chi connectivity index (χ1v) is 7.63. The number of H-pyrrole nitrogens is 1. The Kier molecular flexibility index (Phi) is 4.06. The second-order valence-electron chi connectivity index (χ2n) is 4.88. The monoisotopic (exact) mass is 342 g/mol. The zero-order chi connectivity index (χ0) is 14.7. The van der Waals surface area contributed by atoms with Gasteiger partial charge >= 0.3 is 0 Å². The first-order valence-electron chi connectivity index (χ1n) is 6.84. The van der Waals surface area contributed by atoms with Gasteiger partial charge in [-0.25, -0.2) is 4.68 Å². The van der Waals surface area contributed by atoms with Crippen molar-refractivity contribution in [1.82, 2.24) is 9.78 Å². The maximum absolute atomic E-state index is 12.0. The second kappa shape index (κ2) is 6.14. The summed E-state index contributed by atoms with van der Waals surface area (Å²) in [6.07, 6.45) is 1.69. The summed E-state index contributed by atoms with van der Waals surface area (Å²) in [5.41, 5.74) is 3.02. The van der Waals surface area contributed by atoms with Crippen LogP contribution in [0.2, 0.25) is 0 Å². The van der Waals surface area contributed by atoms with Crippen molar-refractivity contribution in [3.63, 3.8) is 0 Å². The van der Waals surface area contributed by atoms with Crippen LogP contribution in [0.3, 0.4) is 0 Å². The number of nitrogens with one attached hydrogen (secondary N) is 1. The van der Waals surface area contributed by atoms with Crippen molar-refractivity contribution in [2.45, 2.75) is 12.8 Å². The predicted molar refractivity (Wildman–Crippen MR) is 87.9 cm³/mol. The molecule has 1 aromatic heterocycles. The number of aryl methyl sites for hydroxylation is 2. The third kappa shape index (κ3) is 3.16. The molecule has 3 aromatic rings. The van der Waals surface area contributed by atoms with Crippen LogP contribution in [-0.2, 0) is 12.8 Å². The first kappa shape index (κ1) is 13.9. The Balaban J connectivity index is 1.79. The summed E-state index contributed by atoms with van der Waals surface area (Å²) in [4.78, 5) is 12.0. The van der Waals surface area contributed by atoms with Gasteiger partial charge in [-0.05, 0) is 36.6 Å². The molecule has 2 aromatic carbocycles. The Morgan fingerprint density at radius 2 is 1.67 bits per heavy atom. The lowest BCUT2D eigenvalue weighted by Gasteiger charge is -2.03. The molecule has 0 amide bonds. The van der Waals surface area contributed by atoms with E-state index in [0.717, 1.165) is 28.7 Å². The van der Waals surface area contributed by atoms with E-state index in [-0.39, 0.29) is 5.56 Å². The van der Waals surface area contributed by atoms with Gasteiger partial charge in [0.05, 0.1) is 5.69 Å². The number of nitrogens with zero attached hydrogens (tertiary/aromatic N) is 1. The molecule has 1 heterocycles. The lowest BCUT2D eigenvalue weighted by molar-refractivity contribution is 0.801.